The van der Waals surface area contributed by atoms with E-state index in [2.05, 4.69) is 102 Å². The molecule has 2 nitrogen and oxygen atoms in total. The van der Waals surface area contributed by atoms with Crippen molar-refractivity contribution >= 4 is 0 Å². The summed E-state index contributed by atoms with van der Waals surface area (Å²) >= 11 is 0. The van der Waals surface area contributed by atoms with Gasteiger partial charge in [-0.1, -0.05) is 97.1 Å². The summed E-state index contributed by atoms with van der Waals surface area (Å²) in [7, 11) is 0. The van der Waals surface area contributed by atoms with Crippen molar-refractivity contribution in [3.05, 3.63) is 120 Å². The first-order valence-electron chi connectivity index (χ1n) is 10.4. The third-order valence-electron chi connectivity index (χ3n) is 5.91. The van der Waals surface area contributed by atoms with Crippen LogP contribution in [0.2, 0.25) is 0 Å². The third kappa shape index (κ3) is 4.84. The molecule has 0 saturated heterocycles. The largest absolute Gasteiger partial charge is 0.375 e. The highest BCUT2D eigenvalue weighted by Crippen LogP contribution is 2.50. The zero-order valence-corrected chi connectivity index (χ0v) is 16.9. The lowest BCUT2D eigenvalue weighted by molar-refractivity contribution is 0.0247. The number of nitrogens with zero attached hydrogens (tertiary/aromatic N) is 1. The van der Waals surface area contributed by atoms with Crippen LogP contribution in [0.3, 0.4) is 0 Å². The fraction of sp³-hybridized carbons (Fsp3) is 0.259. The van der Waals surface area contributed by atoms with Crippen LogP contribution in [-0.4, -0.2) is 17.0 Å². The third-order valence-corrected chi connectivity index (χ3v) is 5.91. The Bertz CT molecular complexity index is 852. The van der Waals surface area contributed by atoms with Gasteiger partial charge in [0, 0.05) is 13.1 Å². The number of hydrogen-bond acceptors (Lipinski definition) is 2. The Hall–Kier alpha value is -2.68. The Balaban J connectivity index is 1.52. The molecule has 0 aromatic heterocycles. The van der Waals surface area contributed by atoms with Crippen LogP contribution in [0.15, 0.2) is 104 Å². The molecule has 2 heteroatoms. The van der Waals surface area contributed by atoms with Crippen molar-refractivity contribution in [3.63, 3.8) is 0 Å². The van der Waals surface area contributed by atoms with E-state index in [9.17, 15) is 0 Å². The summed E-state index contributed by atoms with van der Waals surface area (Å²) in [4.78, 5) is 2.59. The van der Waals surface area contributed by atoms with Crippen LogP contribution in [0.25, 0.3) is 0 Å². The maximum absolute atomic E-state index is 6.25. The Morgan fingerprint density at radius 2 is 1.28 bits per heavy atom. The summed E-state index contributed by atoms with van der Waals surface area (Å²) in [5.41, 5.74) is 3.90. The van der Waals surface area contributed by atoms with Crippen LogP contribution in [0.5, 0.6) is 0 Å². The van der Waals surface area contributed by atoms with Gasteiger partial charge in [0.05, 0.1) is 18.8 Å². The molecule has 0 heterocycles. The predicted octanol–water partition coefficient (Wildman–Crippen LogP) is 5.85. The molecule has 0 radical (unpaired) electrons. The Labute approximate surface area is 174 Å². The molecule has 0 bridgehead atoms. The Kier molecular flexibility index (Phi) is 6.24. The topological polar surface area (TPSA) is 12.5 Å². The van der Waals surface area contributed by atoms with E-state index in [0.717, 1.165) is 26.1 Å². The predicted molar refractivity (Wildman–Crippen MR) is 119 cm³/mol. The van der Waals surface area contributed by atoms with Crippen molar-refractivity contribution in [1.29, 1.82) is 0 Å². The van der Waals surface area contributed by atoms with Crippen LogP contribution in [0.4, 0.5) is 0 Å². The van der Waals surface area contributed by atoms with Crippen molar-refractivity contribution in [1.82, 2.24) is 4.90 Å². The van der Waals surface area contributed by atoms with E-state index in [-0.39, 0.29) is 5.54 Å². The molecule has 0 aliphatic heterocycles. The fourth-order valence-corrected chi connectivity index (χ4v) is 4.14. The molecule has 1 aliphatic carbocycles. The second-order valence-corrected chi connectivity index (χ2v) is 7.96. The maximum atomic E-state index is 6.25. The minimum Gasteiger partial charge on any atom is -0.375 e. The van der Waals surface area contributed by atoms with Gasteiger partial charge in [0.25, 0.3) is 0 Å². The van der Waals surface area contributed by atoms with E-state index in [1.165, 1.54) is 16.7 Å². The van der Waals surface area contributed by atoms with Crippen molar-refractivity contribution < 1.29 is 4.74 Å². The smallest absolute Gasteiger partial charge is 0.0717 e. The Morgan fingerprint density at radius 3 is 1.72 bits per heavy atom. The zero-order chi connectivity index (χ0) is 19.9. The van der Waals surface area contributed by atoms with Gasteiger partial charge in [-0.15, -0.1) is 6.58 Å². The summed E-state index contributed by atoms with van der Waals surface area (Å²) in [6.07, 6.45) is 3.21. The SMILES string of the molecule is C=C[C@H]1C[C@@]1(COCc1ccccc1)N(Cc1ccccc1)Cc1ccccc1. The van der Waals surface area contributed by atoms with Crippen LogP contribution < -0.4 is 0 Å². The highest BCUT2D eigenvalue weighted by molar-refractivity contribution is 5.24. The second kappa shape index (κ2) is 9.21. The molecule has 29 heavy (non-hydrogen) atoms. The summed E-state index contributed by atoms with van der Waals surface area (Å²) in [6.45, 7) is 7.29. The van der Waals surface area contributed by atoms with Crippen molar-refractivity contribution in [2.45, 2.75) is 31.7 Å². The lowest BCUT2D eigenvalue weighted by atomic mass is 10.1. The highest BCUT2D eigenvalue weighted by atomic mass is 16.5. The van der Waals surface area contributed by atoms with Gasteiger partial charge in [-0.2, -0.15) is 0 Å². The molecule has 0 unspecified atom stereocenters. The van der Waals surface area contributed by atoms with E-state index < -0.39 is 0 Å². The molecule has 1 fully saturated rings. The number of ether oxygens (including phenoxy) is 1. The van der Waals surface area contributed by atoms with E-state index in [4.69, 9.17) is 4.74 Å². The molecular formula is C27H29NO. The van der Waals surface area contributed by atoms with Gasteiger partial charge in [-0.25, -0.2) is 0 Å². The monoisotopic (exact) mass is 383 g/mol. The zero-order valence-electron chi connectivity index (χ0n) is 16.9. The average molecular weight is 384 g/mol. The summed E-state index contributed by atoms with van der Waals surface area (Å²) in [6, 6.07) is 31.9. The van der Waals surface area contributed by atoms with Gasteiger partial charge in [0.2, 0.25) is 0 Å². The molecule has 0 spiro atoms. The standard InChI is InChI=1S/C27H29NO/c1-2-26-18-27(26,22-29-21-25-16-10-5-11-17-25)28(19-23-12-6-3-7-13-23)20-24-14-8-4-9-15-24/h2-17,26H,1,18-22H2/t26-,27-/m0/s1. The molecule has 2 atom stereocenters. The lowest BCUT2D eigenvalue weighted by Crippen LogP contribution is -2.41. The van der Waals surface area contributed by atoms with Crippen molar-refractivity contribution in [2.24, 2.45) is 5.92 Å². The average Bonchev–Trinajstić information content (AvgIpc) is 3.50. The Morgan fingerprint density at radius 1 is 0.793 bits per heavy atom. The number of benzene rings is 3. The molecule has 148 valence electrons. The van der Waals surface area contributed by atoms with Crippen LogP contribution in [-0.2, 0) is 24.4 Å². The molecule has 0 N–H and O–H groups in total. The molecule has 1 saturated carbocycles. The van der Waals surface area contributed by atoms with E-state index >= 15 is 0 Å². The van der Waals surface area contributed by atoms with Crippen LogP contribution >= 0.6 is 0 Å². The lowest BCUT2D eigenvalue weighted by Gasteiger charge is -2.33. The van der Waals surface area contributed by atoms with Gasteiger partial charge in [-0.3, -0.25) is 4.90 Å². The first-order valence-corrected chi connectivity index (χ1v) is 10.4. The van der Waals surface area contributed by atoms with Gasteiger partial charge < -0.3 is 4.74 Å². The summed E-state index contributed by atoms with van der Waals surface area (Å²) < 4.78 is 6.25. The number of rotatable bonds is 10. The molecule has 3 aromatic rings. The second-order valence-electron chi connectivity index (χ2n) is 7.96. The van der Waals surface area contributed by atoms with Gasteiger partial charge >= 0.3 is 0 Å². The normalized spacial score (nSPS) is 20.5. The summed E-state index contributed by atoms with van der Waals surface area (Å²) in [5.74, 6) is 0.464. The quantitative estimate of drug-likeness (QED) is 0.407. The van der Waals surface area contributed by atoms with Gasteiger partial charge in [-0.05, 0) is 29.0 Å². The first kappa shape index (κ1) is 19.6. The van der Waals surface area contributed by atoms with Crippen molar-refractivity contribution in [3.8, 4) is 0 Å². The van der Waals surface area contributed by atoms with Crippen LogP contribution in [0.1, 0.15) is 23.1 Å². The first-order chi connectivity index (χ1) is 14.3. The van der Waals surface area contributed by atoms with E-state index in [1.807, 2.05) is 6.07 Å². The minimum absolute atomic E-state index is 0.0161. The van der Waals surface area contributed by atoms with E-state index in [1.54, 1.807) is 0 Å². The molecule has 1 aliphatic rings. The molecule has 0 amide bonds. The molecule has 4 rings (SSSR count). The molecule has 3 aromatic carbocycles. The minimum atomic E-state index is 0.0161. The van der Waals surface area contributed by atoms with Gasteiger partial charge in [0.15, 0.2) is 0 Å². The summed E-state index contributed by atoms with van der Waals surface area (Å²) in [5, 5.41) is 0. The van der Waals surface area contributed by atoms with Crippen molar-refractivity contribution in [2.75, 3.05) is 6.61 Å². The van der Waals surface area contributed by atoms with Crippen LogP contribution in [0, 0.1) is 5.92 Å². The van der Waals surface area contributed by atoms with E-state index in [0.29, 0.717) is 12.5 Å². The fourth-order valence-electron chi connectivity index (χ4n) is 4.14. The maximum Gasteiger partial charge on any atom is 0.0717 e. The molecular weight excluding hydrogens is 354 g/mol. The van der Waals surface area contributed by atoms with Gasteiger partial charge in [0.1, 0.15) is 0 Å². The highest BCUT2D eigenvalue weighted by Gasteiger charge is 2.56. The number of hydrogen-bond donors (Lipinski definition) is 0.